The van der Waals surface area contributed by atoms with Crippen LogP contribution in [0.1, 0.15) is 5.69 Å². The van der Waals surface area contributed by atoms with Gasteiger partial charge in [0, 0.05) is 4.91 Å². The van der Waals surface area contributed by atoms with Crippen molar-refractivity contribution < 1.29 is 19.1 Å². The fraction of sp³-hybridized carbons (Fsp3) is 0.417. The van der Waals surface area contributed by atoms with Gasteiger partial charge in [-0.05, 0) is 17.7 Å². The first-order valence-electron chi connectivity index (χ1n) is 6.31. The monoisotopic (exact) mass is 289 g/mol. The van der Waals surface area contributed by atoms with Crippen molar-refractivity contribution in [2.75, 3.05) is 24.6 Å². The average molecular weight is 289 g/mol. The predicted octanol–water partition coefficient (Wildman–Crippen LogP) is 1.22. The Morgan fingerprint density at radius 3 is 3.14 bits per heavy atom. The van der Waals surface area contributed by atoms with E-state index in [1.54, 1.807) is 12.1 Å². The van der Waals surface area contributed by atoms with Crippen molar-refractivity contribution in [2.45, 2.75) is 12.5 Å². The molecule has 1 atom stereocenters. The van der Waals surface area contributed by atoms with Crippen molar-refractivity contribution in [3.05, 3.63) is 28.3 Å². The lowest BCUT2D eigenvalue weighted by Crippen LogP contribution is -2.27. The van der Waals surface area contributed by atoms with E-state index in [1.165, 1.54) is 4.90 Å². The van der Waals surface area contributed by atoms with Crippen LogP contribution in [0.4, 0.5) is 10.6 Å². The average Bonchev–Trinajstić information content (AvgIpc) is 2.85. The fourth-order valence-corrected chi connectivity index (χ4v) is 2.21. The largest absolute Gasteiger partial charge is 0.484 e. The molecule has 0 saturated carbocycles. The van der Waals surface area contributed by atoms with E-state index in [0.717, 1.165) is 0 Å². The molecule has 108 valence electrons. The Hall–Kier alpha value is -2.80. The lowest BCUT2D eigenvalue weighted by molar-refractivity contribution is -0.121. The summed E-state index contributed by atoms with van der Waals surface area (Å²) >= 11 is 0. The van der Waals surface area contributed by atoms with Crippen LogP contribution in [0.25, 0.3) is 10.4 Å². The van der Waals surface area contributed by atoms with Crippen molar-refractivity contribution >= 4 is 17.7 Å². The number of aromatic nitrogens is 1. The van der Waals surface area contributed by atoms with E-state index in [1.807, 2.05) is 0 Å². The minimum Gasteiger partial charge on any atom is -0.484 e. The number of cyclic esters (lactones) is 1. The van der Waals surface area contributed by atoms with Gasteiger partial charge in [-0.3, -0.25) is 9.69 Å². The van der Waals surface area contributed by atoms with Gasteiger partial charge in [0.1, 0.15) is 24.3 Å². The van der Waals surface area contributed by atoms with Crippen LogP contribution in [-0.2, 0) is 16.0 Å². The molecule has 0 N–H and O–H groups in total. The standard InChI is InChI=1S/C12H11N5O4/c13-16-14-4-8-5-17(12(19)21-8)11-2-1-10-9(15-11)3-7(18)6-20-10/h1-2,8H,3-6H2. The third-order valence-corrected chi connectivity index (χ3v) is 3.17. The molecule has 9 heteroatoms. The van der Waals surface area contributed by atoms with Crippen LogP contribution >= 0.6 is 0 Å². The van der Waals surface area contributed by atoms with Gasteiger partial charge >= 0.3 is 6.09 Å². The van der Waals surface area contributed by atoms with Crippen molar-refractivity contribution in [3.63, 3.8) is 0 Å². The Morgan fingerprint density at radius 1 is 1.48 bits per heavy atom. The molecule has 1 aromatic heterocycles. The number of amides is 1. The summed E-state index contributed by atoms with van der Waals surface area (Å²) in [4.78, 5) is 31.5. The van der Waals surface area contributed by atoms with Crippen LogP contribution in [0.15, 0.2) is 17.2 Å². The Kier molecular flexibility index (Phi) is 3.33. The highest BCUT2D eigenvalue weighted by Gasteiger charge is 2.33. The van der Waals surface area contributed by atoms with Crippen molar-refractivity contribution in [3.8, 4) is 5.75 Å². The maximum atomic E-state index is 11.8. The van der Waals surface area contributed by atoms with Gasteiger partial charge in [-0.1, -0.05) is 5.11 Å². The summed E-state index contributed by atoms with van der Waals surface area (Å²) < 4.78 is 10.3. The van der Waals surface area contributed by atoms with E-state index in [9.17, 15) is 9.59 Å². The smallest absolute Gasteiger partial charge is 0.415 e. The number of fused-ring (bicyclic) bond motifs is 1. The number of nitrogens with zero attached hydrogens (tertiary/aromatic N) is 5. The SMILES string of the molecule is [N-]=[N+]=NCC1CN(c2ccc3c(n2)CC(=O)CO3)C(=O)O1. The number of Topliss-reactive ketones (excluding diaryl/α,β-unsaturated/α-hetero) is 1. The van der Waals surface area contributed by atoms with Gasteiger partial charge in [0.05, 0.1) is 25.2 Å². The van der Waals surface area contributed by atoms with Crippen LogP contribution in [0.2, 0.25) is 0 Å². The summed E-state index contributed by atoms with van der Waals surface area (Å²) in [6.07, 6.45) is -0.860. The molecule has 1 fully saturated rings. The molecule has 1 amide bonds. The zero-order valence-electron chi connectivity index (χ0n) is 10.9. The lowest BCUT2D eigenvalue weighted by atomic mass is 10.1. The summed E-state index contributed by atoms with van der Waals surface area (Å²) in [5.41, 5.74) is 8.79. The third-order valence-electron chi connectivity index (χ3n) is 3.17. The van der Waals surface area contributed by atoms with Crippen LogP contribution in [0.5, 0.6) is 5.75 Å². The first-order chi connectivity index (χ1) is 10.2. The molecule has 2 aliphatic heterocycles. The van der Waals surface area contributed by atoms with Gasteiger partial charge in [-0.25, -0.2) is 9.78 Å². The Labute approximate surface area is 119 Å². The Balaban J connectivity index is 1.81. The number of hydrogen-bond donors (Lipinski definition) is 0. The highest BCUT2D eigenvalue weighted by Crippen LogP contribution is 2.27. The van der Waals surface area contributed by atoms with E-state index in [-0.39, 0.29) is 31.9 Å². The lowest BCUT2D eigenvalue weighted by Gasteiger charge is -2.18. The van der Waals surface area contributed by atoms with Crippen molar-refractivity contribution in [2.24, 2.45) is 5.11 Å². The van der Waals surface area contributed by atoms with Crippen LogP contribution < -0.4 is 9.64 Å². The first-order valence-corrected chi connectivity index (χ1v) is 6.31. The van der Waals surface area contributed by atoms with Crippen molar-refractivity contribution in [1.29, 1.82) is 0 Å². The molecule has 1 aromatic rings. The van der Waals surface area contributed by atoms with Crippen LogP contribution in [0.3, 0.4) is 0 Å². The number of carbonyl (C=O) groups excluding carboxylic acids is 2. The molecule has 0 aliphatic carbocycles. The van der Waals surface area contributed by atoms with Crippen LogP contribution in [0, 0.1) is 0 Å². The fourth-order valence-electron chi connectivity index (χ4n) is 2.21. The van der Waals surface area contributed by atoms with Gasteiger partial charge in [0.2, 0.25) is 0 Å². The number of hydrogen-bond acceptors (Lipinski definition) is 6. The molecular weight excluding hydrogens is 278 g/mol. The number of carbonyl (C=O) groups is 2. The normalized spacial score (nSPS) is 20.4. The Bertz CT molecular complexity index is 655. The summed E-state index contributed by atoms with van der Waals surface area (Å²) in [6.45, 7) is 0.373. The minimum absolute atomic E-state index is 0.0496. The molecular formula is C12H11N5O4. The summed E-state index contributed by atoms with van der Waals surface area (Å²) in [5, 5.41) is 3.39. The highest BCUT2D eigenvalue weighted by molar-refractivity contribution is 5.89. The molecule has 3 heterocycles. The van der Waals surface area contributed by atoms with Crippen LogP contribution in [-0.4, -0.2) is 42.7 Å². The first kappa shape index (κ1) is 13.2. The van der Waals surface area contributed by atoms with E-state index in [0.29, 0.717) is 17.3 Å². The number of rotatable bonds is 3. The zero-order chi connectivity index (χ0) is 14.8. The number of ether oxygens (including phenoxy) is 2. The molecule has 1 saturated heterocycles. The minimum atomic E-state index is -0.552. The van der Waals surface area contributed by atoms with E-state index in [2.05, 4.69) is 15.0 Å². The van der Waals surface area contributed by atoms with Gasteiger partial charge in [0.15, 0.2) is 5.78 Å². The number of ketones is 1. The summed E-state index contributed by atoms with van der Waals surface area (Å²) in [6, 6.07) is 3.31. The predicted molar refractivity (Wildman–Crippen MR) is 70.1 cm³/mol. The third kappa shape index (κ3) is 2.59. The summed E-state index contributed by atoms with van der Waals surface area (Å²) in [7, 11) is 0. The number of azide groups is 1. The topological polar surface area (TPSA) is 117 Å². The number of anilines is 1. The van der Waals surface area contributed by atoms with E-state index in [4.69, 9.17) is 15.0 Å². The second-order valence-electron chi connectivity index (χ2n) is 4.65. The molecule has 2 aliphatic rings. The van der Waals surface area contributed by atoms with E-state index >= 15 is 0 Å². The zero-order valence-corrected chi connectivity index (χ0v) is 10.9. The maximum Gasteiger partial charge on any atom is 0.415 e. The molecule has 0 aromatic carbocycles. The molecule has 0 radical (unpaired) electrons. The van der Waals surface area contributed by atoms with Gasteiger partial charge in [-0.2, -0.15) is 0 Å². The number of pyridine rings is 1. The van der Waals surface area contributed by atoms with Crippen molar-refractivity contribution in [1.82, 2.24) is 4.98 Å². The maximum absolute atomic E-state index is 11.8. The Morgan fingerprint density at radius 2 is 2.33 bits per heavy atom. The summed E-state index contributed by atoms with van der Waals surface area (Å²) in [5.74, 6) is 0.884. The van der Waals surface area contributed by atoms with Gasteiger partial charge < -0.3 is 9.47 Å². The molecule has 0 spiro atoms. The van der Waals surface area contributed by atoms with Gasteiger partial charge in [-0.15, -0.1) is 0 Å². The molecule has 3 rings (SSSR count). The highest BCUT2D eigenvalue weighted by atomic mass is 16.6. The molecule has 1 unspecified atom stereocenters. The molecule has 0 bridgehead atoms. The molecule has 9 nitrogen and oxygen atoms in total. The molecule has 21 heavy (non-hydrogen) atoms. The van der Waals surface area contributed by atoms with E-state index < -0.39 is 12.2 Å². The van der Waals surface area contributed by atoms with Gasteiger partial charge in [0.25, 0.3) is 0 Å². The second-order valence-corrected chi connectivity index (χ2v) is 4.65. The second kappa shape index (κ2) is 5.29. The quantitative estimate of drug-likeness (QED) is 0.471.